The second kappa shape index (κ2) is 13.1. The van der Waals surface area contributed by atoms with Crippen LogP contribution >= 0.6 is 35.6 Å². The summed E-state index contributed by atoms with van der Waals surface area (Å²) in [4.78, 5) is 25.8. The summed E-state index contributed by atoms with van der Waals surface area (Å²) in [6.07, 6.45) is 9.95. The van der Waals surface area contributed by atoms with E-state index in [0.29, 0.717) is 5.15 Å². The predicted molar refractivity (Wildman–Crippen MR) is 162 cm³/mol. The van der Waals surface area contributed by atoms with E-state index >= 15 is 0 Å². The van der Waals surface area contributed by atoms with Gasteiger partial charge in [0.05, 0.1) is 51.3 Å². The Morgan fingerprint density at radius 3 is 2.00 bits per heavy atom. The molecule has 6 aromatic rings. The number of aromatic nitrogens is 6. The molecule has 7 nitrogen and oxygen atoms in total. The lowest BCUT2D eigenvalue weighted by Crippen LogP contribution is -2.05. The molecule has 0 aliphatic carbocycles. The van der Waals surface area contributed by atoms with Gasteiger partial charge in [-0.15, -0.1) is 0 Å². The van der Waals surface area contributed by atoms with Crippen molar-refractivity contribution in [2.24, 2.45) is 0 Å². The molecule has 0 spiro atoms. The van der Waals surface area contributed by atoms with Crippen LogP contribution in [0.1, 0.15) is 6.42 Å². The molecule has 1 aliphatic heterocycles. The van der Waals surface area contributed by atoms with Crippen molar-refractivity contribution in [1.29, 1.82) is 0 Å². The average molecular weight is 568 g/mol. The zero-order valence-corrected chi connectivity index (χ0v) is 22.9. The van der Waals surface area contributed by atoms with Crippen LogP contribution in [-0.2, 0) is 0 Å². The molecular weight excluding hydrogens is 546 g/mol. The van der Waals surface area contributed by atoms with Crippen LogP contribution < -0.4 is 5.32 Å². The molecule has 0 fully saturated rings. The molecule has 4 heterocycles. The minimum absolute atomic E-state index is 0.434. The predicted octanol–water partition coefficient (Wildman–Crippen LogP) is 7.28. The highest BCUT2D eigenvalue weighted by atomic mass is 35.5. The molecular formula is C29H22ClN7S2. The number of thiocarbonyl (C=S) groups is 1. The second-order valence-corrected chi connectivity index (χ2v) is 10.0. The maximum Gasteiger partial charge on any atom is 0.172 e. The summed E-state index contributed by atoms with van der Waals surface area (Å²) in [6, 6.07) is 25.6. The molecule has 39 heavy (non-hydrogen) atoms. The van der Waals surface area contributed by atoms with E-state index in [9.17, 15) is 0 Å². The number of nitrogens with one attached hydrogen (secondary N) is 2. The molecule has 7 rings (SSSR count). The number of halogens is 1. The molecule has 0 saturated carbocycles. The van der Waals surface area contributed by atoms with E-state index in [1.807, 2.05) is 85.2 Å². The van der Waals surface area contributed by atoms with Gasteiger partial charge in [-0.05, 0) is 47.8 Å². The third kappa shape index (κ3) is 7.44. The summed E-state index contributed by atoms with van der Waals surface area (Å²) < 4.78 is 0. The smallest absolute Gasteiger partial charge is 0.172 e. The Morgan fingerprint density at radius 1 is 0.718 bits per heavy atom. The first kappa shape index (κ1) is 26.4. The lowest BCUT2D eigenvalue weighted by molar-refractivity contribution is 1.04. The molecule has 0 saturated heterocycles. The molecule has 10 heteroatoms. The maximum absolute atomic E-state index is 5.65. The summed E-state index contributed by atoms with van der Waals surface area (Å²) in [7, 11) is 0. The second-order valence-electron chi connectivity index (χ2n) is 8.12. The number of para-hydroxylation sites is 4. The van der Waals surface area contributed by atoms with Crippen LogP contribution in [-0.4, -0.2) is 34.9 Å². The van der Waals surface area contributed by atoms with Crippen molar-refractivity contribution in [3.63, 3.8) is 0 Å². The summed E-state index contributed by atoms with van der Waals surface area (Å²) in [5, 5.41) is 4.94. The van der Waals surface area contributed by atoms with Crippen LogP contribution in [0.5, 0.6) is 0 Å². The van der Waals surface area contributed by atoms with Crippen LogP contribution in [0.4, 0.5) is 0 Å². The highest BCUT2D eigenvalue weighted by Gasteiger charge is 2.07. The highest BCUT2D eigenvalue weighted by molar-refractivity contribution is 7.99. The van der Waals surface area contributed by atoms with Crippen molar-refractivity contribution in [2.75, 3.05) is 0 Å². The number of hydrogen-bond acceptors (Lipinski definition) is 7. The molecule has 0 unspecified atom stereocenters. The molecule has 1 aliphatic rings. The Kier molecular flexibility index (Phi) is 8.85. The van der Waals surface area contributed by atoms with Gasteiger partial charge in [-0.3, -0.25) is 9.97 Å². The van der Waals surface area contributed by atoms with Gasteiger partial charge in [0.15, 0.2) is 5.16 Å². The number of aromatic amines is 1. The monoisotopic (exact) mass is 567 g/mol. The fourth-order valence-electron chi connectivity index (χ4n) is 3.52. The van der Waals surface area contributed by atoms with Crippen molar-refractivity contribution in [3.8, 4) is 11.3 Å². The van der Waals surface area contributed by atoms with Gasteiger partial charge in [-0.2, -0.15) is 0 Å². The molecule has 3 aromatic carbocycles. The summed E-state index contributed by atoms with van der Waals surface area (Å²) in [5.74, 6) is 0. The first-order chi connectivity index (χ1) is 19.1. The quantitative estimate of drug-likeness (QED) is 0.216. The standard InChI is InChI=1S/C17H12N4S.C8H5ClN2.C4H5NS/c1-2-6-12(7-3-1)15-10-19-17(21-15)22-16-11-18-13-8-4-5-9-14(13)20-16;9-8-5-10-6-3-1-2-4-7(6)11-8;6-4-2-1-3-5-4/h1-11H,(H,19,21);1-5H;1,3H,2H2,(H,5,6). The molecule has 0 radical (unpaired) electrons. The van der Waals surface area contributed by atoms with Gasteiger partial charge < -0.3 is 10.3 Å². The van der Waals surface area contributed by atoms with E-state index in [0.717, 1.165) is 54.9 Å². The highest BCUT2D eigenvalue weighted by Crippen LogP contribution is 2.26. The minimum atomic E-state index is 0.434. The molecule has 2 N–H and O–H groups in total. The number of H-pyrrole nitrogens is 1. The number of rotatable bonds is 3. The van der Waals surface area contributed by atoms with Crippen molar-refractivity contribution in [3.05, 3.63) is 115 Å². The molecule has 0 bridgehead atoms. The Hall–Kier alpha value is -4.18. The summed E-state index contributed by atoms with van der Waals surface area (Å²) >= 11 is 11.9. The number of imidazole rings is 1. The Bertz CT molecular complexity index is 1730. The van der Waals surface area contributed by atoms with E-state index in [2.05, 4.69) is 47.4 Å². The molecule has 0 amide bonds. The third-order valence-electron chi connectivity index (χ3n) is 5.35. The van der Waals surface area contributed by atoms with Crippen molar-refractivity contribution in [2.45, 2.75) is 16.6 Å². The molecule has 192 valence electrons. The first-order valence-electron chi connectivity index (χ1n) is 12.0. The Morgan fingerprint density at radius 2 is 1.36 bits per heavy atom. The van der Waals surface area contributed by atoms with Gasteiger partial charge in [0.2, 0.25) is 0 Å². The van der Waals surface area contributed by atoms with Crippen LogP contribution in [0, 0.1) is 0 Å². The third-order valence-corrected chi connectivity index (χ3v) is 6.62. The largest absolute Gasteiger partial charge is 0.356 e. The van der Waals surface area contributed by atoms with Gasteiger partial charge in [-0.25, -0.2) is 15.0 Å². The Labute approximate surface area is 239 Å². The zero-order valence-electron chi connectivity index (χ0n) is 20.5. The molecule has 3 aromatic heterocycles. The topological polar surface area (TPSA) is 92.3 Å². The van der Waals surface area contributed by atoms with E-state index < -0.39 is 0 Å². The van der Waals surface area contributed by atoms with Gasteiger partial charge >= 0.3 is 0 Å². The fourth-order valence-corrected chi connectivity index (χ4v) is 4.54. The van der Waals surface area contributed by atoms with Gasteiger partial charge in [0, 0.05) is 6.42 Å². The van der Waals surface area contributed by atoms with Gasteiger partial charge in [-0.1, -0.05) is 84.5 Å². The number of nitrogens with zero attached hydrogens (tertiary/aromatic N) is 5. The summed E-state index contributed by atoms with van der Waals surface area (Å²) in [6.45, 7) is 0. The van der Waals surface area contributed by atoms with Crippen LogP contribution in [0.3, 0.4) is 0 Å². The normalized spacial score (nSPS) is 11.9. The van der Waals surface area contributed by atoms with Crippen molar-refractivity contribution in [1.82, 2.24) is 35.2 Å². The lowest BCUT2D eigenvalue weighted by Gasteiger charge is -2.00. The van der Waals surface area contributed by atoms with Crippen molar-refractivity contribution < 1.29 is 0 Å². The number of hydrogen-bond donors (Lipinski definition) is 2. The van der Waals surface area contributed by atoms with E-state index in [1.54, 1.807) is 12.4 Å². The SMILES string of the molecule is Clc1cnc2ccccc2n1.S=C1CC=CN1.c1ccc(-c2cnc(Sc3cnc4ccccc4n3)[nH]2)cc1. The first-order valence-corrected chi connectivity index (χ1v) is 13.6. The lowest BCUT2D eigenvalue weighted by atomic mass is 10.2. The van der Waals surface area contributed by atoms with E-state index in [-0.39, 0.29) is 0 Å². The number of fused-ring (bicyclic) bond motifs is 2. The molecule has 0 atom stereocenters. The number of benzene rings is 3. The van der Waals surface area contributed by atoms with E-state index in [4.69, 9.17) is 23.8 Å². The average Bonchev–Trinajstić information content (AvgIpc) is 3.66. The van der Waals surface area contributed by atoms with Crippen LogP contribution in [0.25, 0.3) is 33.3 Å². The summed E-state index contributed by atoms with van der Waals surface area (Å²) in [5.41, 5.74) is 5.61. The zero-order chi connectivity index (χ0) is 26.9. The fraction of sp³-hybridized carbons (Fsp3) is 0.0345. The van der Waals surface area contributed by atoms with E-state index in [1.165, 1.54) is 11.8 Å². The van der Waals surface area contributed by atoms with Crippen LogP contribution in [0.2, 0.25) is 5.15 Å². The Balaban J connectivity index is 0.000000149. The van der Waals surface area contributed by atoms with Gasteiger partial charge in [0.1, 0.15) is 10.2 Å². The van der Waals surface area contributed by atoms with Gasteiger partial charge in [0.25, 0.3) is 0 Å². The minimum Gasteiger partial charge on any atom is -0.356 e. The maximum atomic E-state index is 5.65. The van der Waals surface area contributed by atoms with Crippen molar-refractivity contribution >= 4 is 62.6 Å². The van der Waals surface area contributed by atoms with Crippen LogP contribution in [0.15, 0.2) is 120 Å².